The van der Waals surface area contributed by atoms with E-state index < -0.39 is 11.6 Å². The molecule has 0 fully saturated rings. The number of hydrogen-bond donors (Lipinski definition) is 2. The Morgan fingerprint density at radius 2 is 1.67 bits per heavy atom. The normalized spacial score (nSPS) is 11.2. The fraction of sp³-hybridized carbons (Fsp3) is 0.278. The molecule has 2 aromatic rings. The Morgan fingerprint density at radius 1 is 1.00 bits per heavy atom. The van der Waals surface area contributed by atoms with Crippen LogP contribution in [0.15, 0.2) is 47.5 Å². The van der Waals surface area contributed by atoms with E-state index in [2.05, 4.69) is 15.6 Å². The highest BCUT2D eigenvalue weighted by molar-refractivity contribution is 5.79. The zero-order valence-electron chi connectivity index (χ0n) is 13.8. The summed E-state index contributed by atoms with van der Waals surface area (Å²) in [6, 6.07) is 11.3. The summed E-state index contributed by atoms with van der Waals surface area (Å²) in [5, 5.41) is 6.30. The zero-order valence-corrected chi connectivity index (χ0v) is 13.8. The summed E-state index contributed by atoms with van der Waals surface area (Å²) in [6.07, 6.45) is 0.498. The maximum Gasteiger partial charge on any atom is 0.191 e. The molecule has 0 heterocycles. The Bertz CT molecular complexity index is 667. The van der Waals surface area contributed by atoms with Gasteiger partial charge in [0.15, 0.2) is 5.96 Å². The van der Waals surface area contributed by atoms with E-state index in [9.17, 15) is 8.78 Å². The van der Waals surface area contributed by atoms with E-state index >= 15 is 0 Å². The number of hydrogen-bond acceptors (Lipinski definition) is 2. The molecule has 0 amide bonds. The zero-order chi connectivity index (χ0) is 17.4. The van der Waals surface area contributed by atoms with Crippen molar-refractivity contribution in [3.63, 3.8) is 0 Å². The monoisotopic (exact) mass is 333 g/mol. The van der Waals surface area contributed by atoms with Crippen LogP contribution in [0.2, 0.25) is 0 Å². The number of rotatable bonds is 6. The third-order valence-electron chi connectivity index (χ3n) is 3.47. The Kier molecular flexibility index (Phi) is 6.54. The quantitative estimate of drug-likeness (QED) is 0.631. The summed E-state index contributed by atoms with van der Waals surface area (Å²) >= 11 is 0. The number of methoxy groups -OCH3 is 1. The van der Waals surface area contributed by atoms with Crippen molar-refractivity contribution in [2.45, 2.75) is 13.0 Å². The number of halogens is 2. The number of nitrogens with one attached hydrogen (secondary N) is 2. The van der Waals surface area contributed by atoms with Gasteiger partial charge >= 0.3 is 0 Å². The van der Waals surface area contributed by atoms with Gasteiger partial charge in [0.1, 0.15) is 17.4 Å². The van der Waals surface area contributed by atoms with Crippen LogP contribution in [-0.4, -0.2) is 26.7 Å². The lowest BCUT2D eigenvalue weighted by atomic mass is 10.1. The topological polar surface area (TPSA) is 45.7 Å². The molecule has 2 rings (SSSR count). The molecule has 24 heavy (non-hydrogen) atoms. The van der Waals surface area contributed by atoms with Gasteiger partial charge in [-0.1, -0.05) is 12.1 Å². The van der Waals surface area contributed by atoms with Gasteiger partial charge in [0.25, 0.3) is 0 Å². The average molecular weight is 333 g/mol. The fourth-order valence-corrected chi connectivity index (χ4v) is 2.23. The van der Waals surface area contributed by atoms with E-state index in [0.717, 1.165) is 17.4 Å². The second kappa shape index (κ2) is 8.86. The molecule has 0 atom stereocenters. The molecule has 0 bridgehead atoms. The molecule has 0 spiro atoms. The first kappa shape index (κ1) is 17.7. The minimum atomic E-state index is -0.563. The predicted octanol–water partition coefficient (Wildman–Crippen LogP) is 2.88. The van der Waals surface area contributed by atoms with E-state index in [1.165, 1.54) is 12.1 Å². The van der Waals surface area contributed by atoms with Crippen LogP contribution in [0, 0.1) is 11.6 Å². The second-order valence-electron chi connectivity index (χ2n) is 5.23. The van der Waals surface area contributed by atoms with Gasteiger partial charge in [-0.15, -0.1) is 0 Å². The molecule has 128 valence electrons. The van der Waals surface area contributed by atoms with Crippen LogP contribution in [0.5, 0.6) is 5.75 Å². The standard InChI is InChI=1S/C18H21F2N3O/c1-21-18(23-12-13-3-5-17(24-2)6-4-13)22-8-7-14-9-15(19)11-16(20)10-14/h3-6,9-11H,7-8,12H2,1-2H3,(H2,21,22,23). The first-order valence-electron chi connectivity index (χ1n) is 7.63. The minimum absolute atomic E-state index is 0.498. The van der Waals surface area contributed by atoms with Crippen molar-refractivity contribution >= 4 is 5.96 Å². The summed E-state index contributed by atoms with van der Waals surface area (Å²) in [4.78, 5) is 4.12. The lowest BCUT2D eigenvalue weighted by Crippen LogP contribution is -2.37. The maximum atomic E-state index is 13.1. The van der Waals surface area contributed by atoms with E-state index in [0.29, 0.717) is 31.0 Å². The molecule has 0 saturated heterocycles. The minimum Gasteiger partial charge on any atom is -0.497 e. The van der Waals surface area contributed by atoms with Crippen LogP contribution < -0.4 is 15.4 Å². The summed E-state index contributed by atoms with van der Waals surface area (Å²) in [5.74, 6) is 0.310. The van der Waals surface area contributed by atoms with Crippen molar-refractivity contribution < 1.29 is 13.5 Å². The van der Waals surface area contributed by atoms with Crippen LogP contribution in [-0.2, 0) is 13.0 Å². The van der Waals surface area contributed by atoms with Crippen LogP contribution >= 0.6 is 0 Å². The molecular weight excluding hydrogens is 312 g/mol. The van der Waals surface area contributed by atoms with Gasteiger partial charge in [0, 0.05) is 26.2 Å². The van der Waals surface area contributed by atoms with Crippen LogP contribution in [0.1, 0.15) is 11.1 Å². The van der Waals surface area contributed by atoms with E-state index in [-0.39, 0.29) is 0 Å². The van der Waals surface area contributed by atoms with Gasteiger partial charge in [-0.25, -0.2) is 8.78 Å². The molecule has 0 radical (unpaired) electrons. The number of nitrogens with zero attached hydrogens (tertiary/aromatic N) is 1. The van der Waals surface area contributed by atoms with Gasteiger partial charge in [0.2, 0.25) is 0 Å². The number of benzene rings is 2. The summed E-state index contributed by atoms with van der Waals surface area (Å²) in [5.41, 5.74) is 1.69. The molecule has 0 aliphatic heterocycles. The van der Waals surface area contributed by atoms with Gasteiger partial charge in [0.05, 0.1) is 7.11 Å². The van der Waals surface area contributed by atoms with Crippen LogP contribution in [0.3, 0.4) is 0 Å². The van der Waals surface area contributed by atoms with Gasteiger partial charge in [-0.3, -0.25) is 4.99 Å². The largest absolute Gasteiger partial charge is 0.497 e. The number of guanidine groups is 1. The molecule has 0 aliphatic carbocycles. The molecule has 0 aliphatic rings. The third-order valence-corrected chi connectivity index (χ3v) is 3.47. The van der Waals surface area contributed by atoms with Gasteiger partial charge < -0.3 is 15.4 Å². The SMILES string of the molecule is CN=C(NCCc1cc(F)cc(F)c1)NCc1ccc(OC)cc1. The fourth-order valence-electron chi connectivity index (χ4n) is 2.23. The molecule has 6 heteroatoms. The first-order chi connectivity index (χ1) is 11.6. The molecular formula is C18H21F2N3O. The van der Waals surface area contributed by atoms with Crippen molar-refractivity contribution in [1.29, 1.82) is 0 Å². The molecule has 2 N–H and O–H groups in total. The first-order valence-corrected chi connectivity index (χ1v) is 7.63. The van der Waals surface area contributed by atoms with Crippen LogP contribution in [0.4, 0.5) is 8.78 Å². The number of ether oxygens (including phenoxy) is 1. The van der Waals surface area contributed by atoms with E-state index in [4.69, 9.17) is 4.74 Å². The van der Waals surface area contributed by atoms with Crippen molar-refractivity contribution in [3.8, 4) is 5.75 Å². The average Bonchev–Trinajstić information content (AvgIpc) is 2.57. The highest BCUT2D eigenvalue weighted by Gasteiger charge is 2.02. The van der Waals surface area contributed by atoms with Crippen molar-refractivity contribution in [3.05, 3.63) is 65.2 Å². The van der Waals surface area contributed by atoms with Crippen molar-refractivity contribution in [2.24, 2.45) is 4.99 Å². The lowest BCUT2D eigenvalue weighted by Gasteiger charge is -2.12. The lowest BCUT2D eigenvalue weighted by molar-refractivity contribution is 0.414. The number of aliphatic imine (C=N–C) groups is 1. The van der Waals surface area contributed by atoms with E-state index in [1.807, 2.05) is 24.3 Å². The summed E-state index contributed by atoms with van der Waals surface area (Å²) < 4.78 is 31.4. The third kappa shape index (κ3) is 5.53. The van der Waals surface area contributed by atoms with Crippen molar-refractivity contribution in [2.75, 3.05) is 20.7 Å². The summed E-state index contributed by atoms with van der Waals surface area (Å²) in [6.45, 7) is 1.13. The Labute approximate surface area is 140 Å². The van der Waals surface area contributed by atoms with E-state index in [1.54, 1.807) is 14.2 Å². The molecule has 4 nitrogen and oxygen atoms in total. The van der Waals surface area contributed by atoms with Crippen molar-refractivity contribution in [1.82, 2.24) is 10.6 Å². The molecule has 0 unspecified atom stereocenters. The highest BCUT2D eigenvalue weighted by Crippen LogP contribution is 2.11. The predicted molar refractivity (Wildman–Crippen MR) is 91.3 cm³/mol. The molecule has 0 saturated carbocycles. The Balaban J connectivity index is 1.79. The Hall–Kier alpha value is -2.63. The molecule has 0 aromatic heterocycles. The van der Waals surface area contributed by atoms with Crippen LogP contribution in [0.25, 0.3) is 0 Å². The smallest absolute Gasteiger partial charge is 0.191 e. The molecule has 2 aromatic carbocycles. The maximum absolute atomic E-state index is 13.1. The van der Waals surface area contributed by atoms with Gasteiger partial charge in [-0.2, -0.15) is 0 Å². The Morgan fingerprint density at radius 3 is 2.25 bits per heavy atom. The second-order valence-corrected chi connectivity index (χ2v) is 5.23. The van der Waals surface area contributed by atoms with Gasteiger partial charge in [-0.05, 0) is 41.8 Å². The summed E-state index contributed by atoms with van der Waals surface area (Å²) in [7, 11) is 3.30. The highest BCUT2D eigenvalue weighted by atomic mass is 19.1.